The van der Waals surface area contributed by atoms with E-state index in [1.54, 1.807) is 29.4 Å². The molecule has 2 heterocycles. The summed E-state index contributed by atoms with van der Waals surface area (Å²) in [5, 5.41) is 4.93. The Hall–Kier alpha value is -1.91. The Labute approximate surface area is 143 Å². The Balaban J connectivity index is 1.72. The number of hydrogen-bond acceptors (Lipinski definition) is 4. The number of fused-ring (bicyclic) bond motifs is 2. The molecule has 2 nitrogen and oxygen atoms in total. The highest BCUT2D eigenvalue weighted by Crippen LogP contribution is 2.36. The Bertz CT molecular complexity index is 1000. The first-order valence-corrected chi connectivity index (χ1v) is 9.34. The summed E-state index contributed by atoms with van der Waals surface area (Å²) in [5.41, 5.74) is 2.66. The maximum Gasteiger partial charge on any atom is 0.128 e. The van der Waals surface area contributed by atoms with Crippen LogP contribution < -0.4 is 0 Å². The lowest BCUT2D eigenvalue weighted by atomic mass is 10.1. The molecular formula is C19H16N2S2. The third kappa shape index (κ3) is 2.62. The van der Waals surface area contributed by atoms with Gasteiger partial charge in [-0.15, -0.1) is 23.1 Å². The Morgan fingerprint density at radius 1 is 1.00 bits per heavy atom. The summed E-state index contributed by atoms with van der Waals surface area (Å²) in [7, 11) is 0. The second-order valence-corrected chi connectivity index (χ2v) is 7.74. The lowest BCUT2D eigenvalue weighted by Crippen LogP contribution is -1.88. The molecule has 114 valence electrons. The second-order valence-electron chi connectivity index (χ2n) is 5.57. The zero-order valence-electron chi connectivity index (χ0n) is 13.0. The van der Waals surface area contributed by atoms with Gasteiger partial charge in [-0.1, -0.05) is 42.5 Å². The zero-order valence-corrected chi connectivity index (χ0v) is 14.7. The molecule has 0 atom stereocenters. The monoisotopic (exact) mass is 336 g/mol. The number of benzene rings is 2. The van der Waals surface area contributed by atoms with Gasteiger partial charge in [-0.25, -0.2) is 9.97 Å². The standard InChI is InChI=1S/C19H16N2S2/c1-12-13(2)23-19-17(12)18(20-11-21-19)22-10-15-8-5-7-14-6-3-4-9-16(14)15/h3-9,11H,10H2,1-2H3. The molecule has 4 rings (SSSR count). The molecule has 0 aliphatic heterocycles. The van der Waals surface area contributed by atoms with E-state index in [2.05, 4.69) is 66.3 Å². The van der Waals surface area contributed by atoms with Gasteiger partial charge in [-0.3, -0.25) is 0 Å². The fourth-order valence-electron chi connectivity index (χ4n) is 2.82. The predicted molar refractivity (Wildman–Crippen MR) is 100 cm³/mol. The van der Waals surface area contributed by atoms with E-state index in [1.807, 2.05) is 0 Å². The van der Waals surface area contributed by atoms with Gasteiger partial charge in [0.2, 0.25) is 0 Å². The molecule has 0 fully saturated rings. The van der Waals surface area contributed by atoms with E-state index >= 15 is 0 Å². The maximum absolute atomic E-state index is 4.53. The van der Waals surface area contributed by atoms with Gasteiger partial charge in [0.15, 0.2) is 0 Å². The Morgan fingerprint density at radius 2 is 1.83 bits per heavy atom. The Kier molecular flexibility index (Phi) is 3.79. The summed E-state index contributed by atoms with van der Waals surface area (Å²) < 4.78 is 0. The molecule has 0 spiro atoms. The normalized spacial score (nSPS) is 11.4. The summed E-state index contributed by atoms with van der Waals surface area (Å²) >= 11 is 3.55. The van der Waals surface area contributed by atoms with Crippen molar-refractivity contribution in [1.29, 1.82) is 0 Å². The third-order valence-corrected chi connectivity index (χ3v) is 6.33. The lowest BCUT2D eigenvalue weighted by molar-refractivity contribution is 1.10. The van der Waals surface area contributed by atoms with E-state index in [4.69, 9.17) is 0 Å². The van der Waals surface area contributed by atoms with Gasteiger partial charge in [-0.2, -0.15) is 0 Å². The first-order chi connectivity index (χ1) is 11.2. The number of nitrogens with zero attached hydrogens (tertiary/aromatic N) is 2. The van der Waals surface area contributed by atoms with Crippen LogP contribution in [0.4, 0.5) is 0 Å². The molecule has 4 aromatic rings. The van der Waals surface area contributed by atoms with Gasteiger partial charge in [0.25, 0.3) is 0 Å². The van der Waals surface area contributed by atoms with E-state index in [-0.39, 0.29) is 0 Å². The molecular weight excluding hydrogens is 320 g/mol. The van der Waals surface area contributed by atoms with E-state index in [0.717, 1.165) is 15.6 Å². The van der Waals surface area contributed by atoms with Crippen LogP contribution in [-0.4, -0.2) is 9.97 Å². The smallest absolute Gasteiger partial charge is 0.128 e. The summed E-state index contributed by atoms with van der Waals surface area (Å²) in [6.07, 6.45) is 1.68. The van der Waals surface area contributed by atoms with E-state index in [9.17, 15) is 0 Å². The minimum absolute atomic E-state index is 0.918. The van der Waals surface area contributed by atoms with Crippen LogP contribution in [0, 0.1) is 13.8 Å². The number of hydrogen-bond donors (Lipinski definition) is 0. The number of aromatic nitrogens is 2. The highest BCUT2D eigenvalue weighted by Gasteiger charge is 2.12. The minimum atomic E-state index is 0.918. The zero-order chi connectivity index (χ0) is 15.8. The quantitative estimate of drug-likeness (QED) is 0.352. The van der Waals surface area contributed by atoms with Crippen molar-refractivity contribution < 1.29 is 0 Å². The molecule has 4 heteroatoms. The van der Waals surface area contributed by atoms with Crippen LogP contribution in [0.25, 0.3) is 21.0 Å². The SMILES string of the molecule is Cc1sc2ncnc(SCc3cccc4ccccc34)c2c1C. The van der Waals surface area contributed by atoms with Crippen molar-refractivity contribution in [3.8, 4) is 0 Å². The van der Waals surface area contributed by atoms with Crippen molar-refractivity contribution in [3.05, 3.63) is 64.8 Å². The van der Waals surface area contributed by atoms with Crippen LogP contribution in [0.2, 0.25) is 0 Å². The largest absolute Gasteiger partial charge is 0.229 e. The third-order valence-electron chi connectivity index (χ3n) is 4.17. The highest BCUT2D eigenvalue weighted by atomic mass is 32.2. The molecule has 0 saturated heterocycles. The van der Waals surface area contributed by atoms with Crippen LogP contribution in [-0.2, 0) is 5.75 Å². The van der Waals surface area contributed by atoms with Crippen LogP contribution in [0.1, 0.15) is 16.0 Å². The summed E-state index contributed by atoms with van der Waals surface area (Å²) in [6.45, 7) is 4.32. The summed E-state index contributed by atoms with van der Waals surface area (Å²) in [4.78, 5) is 11.4. The maximum atomic E-state index is 4.53. The number of thioether (sulfide) groups is 1. The molecule has 0 bridgehead atoms. The molecule has 0 aliphatic rings. The Morgan fingerprint density at radius 3 is 2.74 bits per heavy atom. The predicted octanol–water partition coefficient (Wildman–Crippen LogP) is 5.75. The molecule has 0 radical (unpaired) electrons. The van der Waals surface area contributed by atoms with E-state index < -0.39 is 0 Å². The molecule has 2 aromatic carbocycles. The molecule has 23 heavy (non-hydrogen) atoms. The first kappa shape index (κ1) is 14.7. The van der Waals surface area contributed by atoms with Gasteiger partial charge in [0, 0.05) is 16.0 Å². The fraction of sp³-hybridized carbons (Fsp3) is 0.158. The van der Waals surface area contributed by atoms with Crippen LogP contribution in [0.15, 0.2) is 53.8 Å². The second kappa shape index (κ2) is 5.95. The van der Waals surface area contributed by atoms with Gasteiger partial charge in [-0.05, 0) is 35.7 Å². The summed E-state index contributed by atoms with van der Waals surface area (Å²) in [5.74, 6) is 0.918. The highest BCUT2D eigenvalue weighted by molar-refractivity contribution is 7.98. The topological polar surface area (TPSA) is 25.8 Å². The van der Waals surface area contributed by atoms with Crippen molar-refractivity contribution in [3.63, 3.8) is 0 Å². The van der Waals surface area contributed by atoms with Gasteiger partial charge in [0.05, 0.1) is 0 Å². The molecule has 2 aromatic heterocycles. The van der Waals surface area contributed by atoms with Gasteiger partial charge in [0.1, 0.15) is 16.2 Å². The van der Waals surface area contributed by atoms with Crippen LogP contribution in [0.5, 0.6) is 0 Å². The number of aryl methyl sites for hydroxylation is 2. The average molecular weight is 336 g/mol. The van der Waals surface area contributed by atoms with Crippen molar-refractivity contribution in [2.45, 2.75) is 24.6 Å². The van der Waals surface area contributed by atoms with Crippen molar-refractivity contribution >= 4 is 44.1 Å². The molecule has 0 unspecified atom stereocenters. The van der Waals surface area contributed by atoms with Crippen LogP contribution in [0.3, 0.4) is 0 Å². The molecule has 0 saturated carbocycles. The van der Waals surface area contributed by atoms with E-state index in [0.29, 0.717) is 0 Å². The van der Waals surface area contributed by atoms with Crippen LogP contribution >= 0.6 is 23.1 Å². The van der Waals surface area contributed by atoms with Crippen molar-refractivity contribution in [2.75, 3.05) is 0 Å². The average Bonchev–Trinajstić information content (AvgIpc) is 2.88. The molecule has 0 N–H and O–H groups in total. The summed E-state index contributed by atoms with van der Waals surface area (Å²) in [6, 6.07) is 15.1. The van der Waals surface area contributed by atoms with Crippen molar-refractivity contribution in [2.24, 2.45) is 0 Å². The molecule has 0 aliphatic carbocycles. The van der Waals surface area contributed by atoms with E-state index in [1.165, 1.54) is 32.2 Å². The van der Waals surface area contributed by atoms with Gasteiger partial charge >= 0.3 is 0 Å². The fourth-order valence-corrected chi connectivity index (χ4v) is 4.95. The van der Waals surface area contributed by atoms with Gasteiger partial charge < -0.3 is 0 Å². The minimum Gasteiger partial charge on any atom is -0.229 e. The van der Waals surface area contributed by atoms with Crippen molar-refractivity contribution in [1.82, 2.24) is 9.97 Å². The number of rotatable bonds is 3. The first-order valence-electron chi connectivity index (χ1n) is 7.54. The lowest BCUT2D eigenvalue weighted by Gasteiger charge is -2.07. The number of thiophene rings is 1. The molecule has 0 amide bonds.